The third-order valence-electron chi connectivity index (χ3n) is 4.52. The zero-order chi connectivity index (χ0) is 22.0. The number of nitrogens with zero attached hydrogens (tertiary/aromatic N) is 3. The van der Waals surface area contributed by atoms with E-state index in [0.29, 0.717) is 23.7 Å². The molecule has 0 saturated heterocycles. The van der Waals surface area contributed by atoms with Crippen molar-refractivity contribution in [2.24, 2.45) is 0 Å². The molecule has 0 spiro atoms. The molecule has 0 aliphatic rings. The predicted octanol–water partition coefficient (Wildman–Crippen LogP) is 2.70. The minimum absolute atomic E-state index is 0.104. The first-order chi connectivity index (χ1) is 14.8. The number of aromatic nitrogens is 3. The number of phenolic OH excluding ortho intramolecular Hbond substituents is 1. The molecule has 3 N–H and O–H groups in total. The van der Waals surface area contributed by atoms with Crippen LogP contribution in [-0.4, -0.2) is 40.3 Å². The summed E-state index contributed by atoms with van der Waals surface area (Å²) < 4.78 is 24.9. The molecular formula is C21H19N5O4S. The number of carbonyl (C=O) groups excluding carboxylic acids is 1. The summed E-state index contributed by atoms with van der Waals surface area (Å²) in [5, 5.41) is 19.6. The number of fused-ring (bicyclic) bond motifs is 1. The van der Waals surface area contributed by atoms with Crippen LogP contribution in [0.1, 0.15) is 16.1 Å². The number of aromatic hydroxyl groups is 1. The molecule has 2 aromatic heterocycles. The summed E-state index contributed by atoms with van der Waals surface area (Å²) >= 11 is 0. The average molecular weight is 437 g/mol. The Bertz CT molecular complexity index is 1360. The molecule has 0 fully saturated rings. The second-order valence-corrected chi connectivity index (χ2v) is 8.92. The molecule has 0 bridgehead atoms. The molecule has 9 nitrogen and oxygen atoms in total. The number of hydrogen-bond acceptors (Lipinski definition) is 7. The van der Waals surface area contributed by atoms with E-state index in [-0.39, 0.29) is 16.3 Å². The van der Waals surface area contributed by atoms with Gasteiger partial charge in [-0.05, 0) is 54.1 Å². The first-order valence-corrected chi connectivity index (χ1v) is 11.2. The van der Waals surface area contributed by atoms with Crippen LogP contribution < -0.4 is 10.6 Å². The number of carbonyl (C=O) groups is 1. The fraction of sp³-hybridized carbons (Fsp3) is 0.0952. The maximum Gasteiger partial charge on any atom is 0.276 e. The van der Waals surface area contributed by atoms with Crippen molar-refractivity contribution in [3.63, 3.8) is 0 Å². The van der Waals surface area contributed by atoms with Crippen molar-refractivity contribution in [2.75, 3.05) is 16.9 Å². The van der Waals surface area contributed by atoms with Crippen molar-refractivity contribution in [1.82, 2.24) is 14.6 Å². The second-order valence-electron chi connectivity index (χ2n) is 6.91. The molecule has 10 heteroatoms. The fourth-order valence-electron chi connectivity index (χ4n) is 2.94. The minimum atomic E-state index is -3.29. The molecule has 31 heavy (non-hydrogen) atoms. The highest BCUT2D eigenvalue weighted by Crippen LogP contribution is 2.17. The Balaban J connectivity index is 1.53. The first kappa shape index (κ1) is 20.4. The number of amides is 1. The van der Waals surface area contributed by atoms with Crippen molar-refractivity contribution in [1.29, 1.82) is 0 Å². The van der Waals surface area contributed by atoms with Gasteiger partial charge in [0.2, 0.25) is 0 Å². The smallest absolute Gasteiger partial charge is 0.276 e. The Morgan fingerprint density at radius 1 is 1.10 bits per heavy atom. The van der Waals surface area contributed by atoms with E-state index in [1.807, 2.05) is 6.07 Å². The van der Waals surface area contributed by atoms with Gasteiger partial charge in [-0.15, -0.1) is 5.10 Å². The lowest BCUT2D eigenvalue weighted by atomic mass is 10.2. The summed E-state index contributed by atoms with van der Waals surface area (Å²) in [4.78, 5) is 17.1. The summed E-state index contributed by atoms with van der Waals surface area (Å²) in [5.74, 6) is 0.199. The van der Waals surface area contributed by atoms with E-state index < -0.39 is 15.7 Å². The molecule has 1 amide bonds. The SMILES string of the molecule is CS(=O)(=O)c1cccc(CNc2ccc3ncc(C(=O)Nc4ccc(O)cc4)n3n2)c1. The fourth-order valence-corrected chi connectivity index (χ4v) is 3.63. The molecule has 0 atom stereocenters. The van der Waals surface area contributed by atoms with Crippen molar-refractivity contribution in [3.05, 3.63) is 78.1 Å². The van der Waals surface area contributed by atoms with Crippen LogP contribution in [0.2, 0.25) is 0 Å². The maximum absolute atomic E-state index is 12.6. The maximum atomic E-state index is 12.6. The van der Waals surface area contributed by atoms with Gasteiger partial charge in [0.25, 0.3) is 5.91 Å². The van der Waals surface area contributed by atoms with Crippen LogP contribution in [-0.2, 0) is 16.4 Å². The molecule has 0 saturated carbocycles. The molecule has 2 heterocycles. The van der Waals surface area contributed by atoms with Crippen LogP contribution >= 0.6 is 0 Å². The van der Waals surface area contributed by atoms with Crippen LogP contribution in [0.5, 0.6) is 5.75 Å². The molecule has 2 aromatic carbocycles. The van der Waals surface area contributed by atoms with Gasteiger partial charge in [0.15, 0.2) is 21.2 Å². The van der Waals surface area contributed by atoms with Gasteiger partial charge in [-0.1, -0.05) is 12.1 Å². The van der Waals surface area contributed by atoms with Crippen LogP contribution in [0.4, 0.5) is 11.5 Å². The van der Waals surface area contributed by atoms with E-state index in [9.17, 15) is 18.3 Å². The van der Waals surface area contributed by atoms with Gasteiger partial charge < -0.3 is 15.7 Å². The number of sulfone groups is 1. The highest BCUT2D eigenvalue weighted by atomic mass is 32.2. The summed E-state index contributed by atoms with van der Waals surface area (Å²) in [5.41, 5.74) is 2.05. The van der Waals surface area contributed by atoms with E-state index >= 15 is 0 Å². The number of phenols is 1. The van der Waals surface area contributed by atoms with Gasteiger partial charge in [-0.3, -0.25) is 4.79 Å². The van der Waals surface area contributed by atoms with E-state index in [1.165, 1.54) is 29.1 Å². The van der Waals surface area contributed by atoms with Gasteiger partial charge in [-0.2, -0.15) is 0 Å². The summed E-state index contributed by atoms with van der Waals surface area (Å²) in [6.45, 7) is 0.353. The molecule has 4 rings (SSSR count). The topological polar surface area (TPSA) is 126 Å². The number of nitrogens with one attached hydrogen (secondary N) is 2. The third-order valence-corrected chi connectivity index (χ3v) is 5.63. The largest absolute Gasteiger partial charge is 0.508 e. The average Bonchev–Trinajstić information content (AvgIpc) is 3.17. The van der Waals surface area contributed by atoms with Crippen molar-refractivity contribution < 1.29 is 18.3 Å². The Labute approximate surface area is 178 Å². The predicted molar refractivity (Wildman–Crippen MR) is 116 cm³/mol. The lowest BCUT2D eigenvalue weighted by Gasteiger charge is -2.09. The molecule has 4 aromatic rings. The lowest BCUT2D eigenvalue weighted by molar-refractivity contribution is 0.102. The lowest BCUT2D eigenvalue weighted by Crippen LogP contribution is -2.16. The summed E-state index contributed by atoms with van der Waals surface area (Å²) in [6, 6.07) is 16.2. The Morgan fingerprint density at radius 2 is 1.87 bits per heavy atom. The summed E-state index contributed by atoms with van der Waals surface area (Å²) in [7, 11) is -3.29. The molecule has 0 radical (unpaired) electrons. The zero-order valence-electron chi connectivity index (χ0n) is 16.5. The van der Waals surface area contributed by atoms with Crippen molar-refractivity contribution in [2.45, 2.75) is 11.4 Å². The van der Waals surface area contributed by atoms with Crippen molar-refractivity contribution in [3.8, 4) is 5.75 Å². The van der Waals surface area contributed by atoms with E-state index in [2.05, 4.69) is 20.7 Å². The third kappa shape index (κ3) is 4.64. The van der Waals surface area contributed by atoms with E-state index in [1.54, 1.807) is 42.5 Å². The monoisotopic (exact) mass is 437 g/mol. The van der Waals surface area contributed by atoms with Crippen molar-refractivity contribution >= 4 is 32.9 Å². The number of benzene rings is 2. The zero-order valence-corrected chi connectivity index (χ0v) is 17.3. The molecule has 158 valence electrons. The Hall–Kier alpha value is -3.92. The molecule has 0 aliphatic heterocycles. The Kier molecular flexibility index (Phi) is 5.30. The van der Waals surface area contributed by atoms with Gasteiger partial charge >= 0.3 is 0 Å². The highest BCUT2D eigenvalue weighted by molar-refractivity contribution is 7.90. The number of hydrogen-bond donors (Lipinski definition) is 3. The van der Waals surface area contributed by atoms with Crippen LogP contribution in [0.3, 0.4) is 0 Å². The van der Waals surface area contributed by atoms with Crippen LogP contribution in [0.15, 0.2) is 71.8 Å². The highest BCUT2D eigenvalue weighted by Gasteiger charge is 2.14. The van der Waals surface area contributed by atoms with Gasteiger partial charge in [0.1, 0.15) is 11.6 Å². The van der Waals surface area contributed by atoms with Crippen LogP contribution in [0.25, 0.3) is 5.65 Å². The van der Waals surface area contributed by atoms with Crippen LogP contribution in [0, 0.1) is 0 Å². The van der Waals surface area contributed by atoms with Gasteiger partial charge in [0.05, 0.1) is 11.1 Å². The summed E-state index contributed by atoms with van der Waals surface area (Å²) in [6.07, 6.45) is 2.59. The molecular weight excluding hydrogens is 418 g/mol. The van der Waals surface area contributed by atoms with E-state index in [4.69, 9.17) is 0 Å². The van der Waals surface area contributed by atoms with Gasteiger partial charge in [0, 0.05) is 18.5 Å². The van der Waals surface area contributed by atoms with E-state index in [0.717, 1.165) is 5.56 Å². The second kappa shape index (κ2) is 8.07. The molecule has 0 aliphatic carbocycles. The standard InChI is InChI=1S/C21H19N5O4S/c1-31(29,30)17-4-2-3-14(11-17)12-22-19-9-10-20-23-13-18(26(20)25-19)21(28)24-15-5-7-16(27)8-6-15/h2-11,13,27H,12H2,1H3,(H,22,25)(H,24,28). The number of imidazole rings is 1. The first-order valence-electron chi connectivity index (χ1n) is 9.28. The quantitative estimate of drug-likeness (QED) is 0.396. The Morgan fingerprint density at radius 3 is 2.61 bits per heavy atom. The normalized spacial score (nSPS) is 11.4. The number of anilines is 2. The number of rotatable bonds is 6. The van der Waals surface area contributed by atoms with Gasteiger partial charge in [-0.25, -0.2) is 17.9 Å². The molecule has 0 unspecified atom stereocenters. The minimum Gasteiger partial charge on any atom is -0.508 e.